The van der Waals surface area contributed by atoms with Gasteiger partial charge in [0.25, 0.3) is 0 Å². The Hall–Kier alpha value is -3.00. The summed E-state index contributed by atoms with van der Waals surface area (Å²) in [4.78, 5) is 12.0. The number of nitrogens with one attached hydrogen (secondary N) is 2. The number of aliphatic hydroxyl groups is 1. The van der Waals surface area contributed by atoms with Gasteiger partial charge < -0.3 is 10.4 Å². The molecule has 0 aliphatic carbocycles. The van der Waals surface area contributed by atoms with Crippen molar-refractivity contribution < 1.29 is 18.3 Å². The molecule has 1 amide bonds. The Labute approximate surface area is 176 Å². The number of carbonyl (C=O) groups is 1. The standard InChI is InChI=1S/C23H24N2O4S/c26-22(21-11-10-19-8-4-5-9-20(19)16-21)17-24-23(27)12-14-25-30(28,29)15-13-18-6-2-1-3-7-18/h1-11,13,15-16,22,25-26H,12,14,17H2,(H,24,27)/b15-13+. The van der Waals surface area contributed by atoms with Crippen LogP contribution in [-0.4, -0.2) is 32.5 Å². The first-order valence-corrected chi connectivity index (χ1v) is 11.1. The summed E-state index contributed by atoms with van der Waals surface area (Å²) >= 11 is 0. The van der Waals surface area contributed by atoms with Crippen LogP contribution in [0.25, 0.3) is 16.8 Å². The van der Waals surface area contributed by atoms with Crippen LogP contribution < -0.4 is 10.0 Å². The Morgan fingerprint density at radius 2 is 1.67 bits per heavy atom. The maximum atomic E-state index is 12.0. The normalized spacial score (nSPS) is 12.8. The van der Waals surface area contributed by atoms with Gasteiger partial charge in [-0.2, -0.15) is 0 Å². The Morgan fingerprint density at radius 1 is 0.967 bits per heavy atom. The number of amides is 1. The van der Waals surface area contributed by atoms with Crippen molar-refractivity contribution >= 4 is 32.8 Å². The predicted molar refractivity (Wildman–Crippen MR) is 119 cm³/mol. The summed E-state index contributed by atoms with van der Waals surface area (Å²) in [5.41, 5.74) is 1.48. The summed E-state index contributed by atoms with van der Waals surface area (Å²) in [5, 5.41) is 16.1. The van der Waals surface area contributed by atoms with E-state index < -0.39 is 16.1 Å². The molecule has 3 aromatic rings. The number of hydrogen-bond acceptors (Lipinski definition) is 4. The summed E-state index contributed by atoms with van der Waals surface area (Å²) in [6.45, 7) is 0.0250. The number of sulfonamides is 1. The summed E-state index contributed by atoms with van der Waals surface area (Å²) in [6, 6.07) is 22.5. The van der Waals surface area contributed by atoms with Crippen molar-refractivity contribution in [1.29, 1.82) is 0 Å². The molecule has 30 heavy (non-hydrogen) atoms. The van der Waals surface area contributed by atoms with Crippen LogP contribution in [0.3, 0.4) is 0 Å². The summed E-state index contributed by atoms with van der Waals surface area (Å²) in [5.74, 6) is -0.343. The van der Waals surface area contributed by atoms with Crippen LogP contribution in [0.4, 0.5) is 0 Å². The lowest BCUT2D eigenvalue weighted by atomic mass is 10.0. The van der Waals surface area contributed by atoms with Crippen LogP contribution in [-0.2, 0) is 14.8 Å². The number of rotatable bonds is 9. The highest BCUT2D eigenvalue weighted by Gasteiger charge is 2.11. The van der Waals surface area contributed by atoms with Crippen molar-refractivity contribution in [3.8, 4) is 0 Å². The van der Waals surface area contributed by atoms with E-state index >= 15 is 0 Å². The number of carbonyl (C=O) groups excluding carboxylic acids is 1. The molecule has 0 bridgehead atoms. The van der Waals surface area contributed by atoms with E-state index in [4.69, 9.17) is 0 Å². The lowest BCUT2D eigenvalue weighted by Gasteiger charge is -2.13. The van der Waals surface area contributed by atoms with Crippen molar-refractivity contribution in [2.75, 3.05) is 13.1 Å². The highest BCUT2D eigenvalue weighted by atomic mass is 32.2. The maximum absolute atomic E-state index is 12.0. The minimum absolute atomic E-state index is 0.0250. The molecular formula is C23H24N2O4S. The zero-order valence-electron chi connectivity index (χ0n) is 16.4. The van der Waals surface area contributed by atoms with Gasteiger partial charge in [0.15, 0.2) is 0 Å². The quantitative estimate of drug-likeness (QED) is 0.492. The average molecular weight is 425 g/mol. The fraction of sp³-hybridized carbons (Fsp3) is 0.174. The Balaban J connectivity index is 1.43. The fourth-order valence-electron chi connectivity index (χ4n) is 2.92. The van der Waals surface area contributed by atoms with Crippen molar-refractivity contribution in [1.82, 2.24) is 10.0 Å². The third-order valence-corrected chi connectivity index (χ3v) is 5.65. The highest BCUT2D eigenvalue weighted by Crippen LogP contribution is 2.20. The molecule has 1 atom stereocenters. The van der Waals surface area contributed by atoms with Gasteiger partial charge >= 0.3 is 0 Å². The molecule has 7 heteroatoms. The molecule has 0 saturated heterocycles. The minimum Gasteiger partial charge on any atom is -0.387 e. The Morgan fingerprint density at radius 3 is 2.43 bits per heavy atom. The number of aliphatic hydroxyl groups excluding tert-OH is 1. The van der Waals surface area contributed by atoms with Gasteiger partial charge in [-0.05, 0) is 34.0 Å². The van der Waals surface area contributed by atoms with Gasteiger partial charge in [-0.1, -0.05) is 66.7 Å². The molecule has 0 heterocycles. The summed E-state index contributed by atoms with van der Waals surface area (Å²) in [6.07, 6.45) is 0.620. The summed E-state index contributed by atoms with van der Waals surface area (Å²) < 4.78 is 26.3. The zero-order valence-corrected chi connectivity index (χ0v) is 17.2. The first-order valence-electron chi connectivity index (χ1n) is 9.59. The van der Waals surface area contributed by atoms with Crippen LogP contribution in [0, 0.1) is 0 Å². The molecule has 0 aromatic heterocycles. The van der Waals surface area contributed by atoms with Crippen LogP contribution in [0.15, 0.2) is 78.2 Å². The SMILES string of the molecule is O=C(CCNS(=O)(=O)/C=C/c1ccccc1)NCC(O)c1ccc2ccccc2c1. The highest BCUT2D eigenvalue weighted by molar-refractivity contribution is 7.92. The van der Waals surface area contributed by atoms with Crippen LogP contribution >= 0.6 is 0 Å². The minimum atomic E-state index is -3.63. The monoisotopic (exact) mass is 424 g/mol. The van der Waals surface area contributed by atoms with Gasteiger partial charge in [-0.15, -0.1) is 0 Å². The molecule has 3 aromatic carbocycles. The molecule has 0 spiro atoms. The molecule has 156 valence electrons. The van der Waals surface area contributed by atoms with E-state index in [1.54, 1.807) is 12.1 Å². The lowest BCUT2D eigenvalue weighted by Crippen LogP contribution is -2.32. The van der Waals surface area contributed by atoms with Crippen molar-refractivity contribution in [3.05, 3.63) is 89.3 Å². The van der Waals surface area contributed by atoms with E-state index in [0.717, 1.165) is 21.7 Å². The van der Waals surface area contributed by atoms with E-state index in [9.17, 15) is 18.3 Å². The molecule has 0 radical (unpaired) electrons. The predicted octanol–water partition coefficient (Wildman–Crippen LogP) is 2.97. The van der Waals surface area contributed by atoms with Crippen molar-refractivity contribution in [2.45, 2.75) is 12.5 Å². The molecule has 3 N–H and O–H groups in total. The second-order valence-corrected chi connectivity index (χ2v) is 8.48. The van der Waals surface area contributed by atoms with Crippen LogP contribution in [0.1, 0.15) is 23.7 Å². The van der Waals surface area contributed by atoms with Gasteiger partial charge in [0.05, 0.1) is 6.10 Å². The maximum Gasteiger partial charge on any atom is 0.233 e. The van der Waals surface area contributed by atoms with Crippen LogP contribution in [0.5, 0.6) is 0 Å². The third-order valence-electron chi connectivity index (χ3n) is 4.55. The smallest absolute Gasteiger partial charge is 0.233 e. The summed E-state index contributed by atoms with van der Waals surface area (Å²) in [7, 11) is -3.63. The third kappa shape index (κ3) is 6.52. The first-order chi connectivity index (χ1) is 14.4. The van der Waals surface area contributed by atoms with Gasteiger partial charge in [0, 0.05) is 24.9 Å². The Kier molecular flexibility index (Phi) is 7.35. The molecule has 0 fully saturated rings. The topological polar surface area (TPSA) is 95.5 Å². The van der Waals surface area contributed by atoms with Gasteiger partial charge in [0.1, 0.15) is 0 Å². The van der Waals surface area contributed by atoms with Crippen molar-refractivity contribution in [3.63, 3.8) is 0 Å². The largest absolute Gasteiger partial charge is 0.387 e. The molecule has 3 rings (SSSR count). The van der Waals surface area contributed by atoms with E-state index in [2.05, 4.69) is 10.0 Å². The zero-order chi connectivity index (χ0) is 21.4. The fourth-order valence-corrected chi connectivity index (χ4v) is 3.74. The molecule has 0 aliphatic heterocycles. The second kappa shape index (κ2) is 10.2. The number of benzene rings is 3. The van der Waals surface area contributed by atoms with E-state index in [-0.39, 0.29) is 25.4 Å². The molecular weight excluding hydrogens is 400 g/mol. The number of hydrogen-bond donors (Lipinski definition) is 3. The Bertz CT molecular complexity index is 1130. The second-order valence-electron chi connectivity index (χ2n) is 6.83. The van der Waals surface area contributed by atoms with Crippen molar-refractivity contribution in [2.24, 2.45) is 0 Å². The van der Waals surface area contributed by atoms with E-state index in [0.29, 0.717) is 5.56 Å². The van der Waals surface area contributed by atoms with E-state index in [1.807, 2.05) is 60.7 Å². The van der Waals surface area contributed by atoms with Gasteiger partial charge in [-0.3, -0.25) is 4.79 Å². The molecule has 0 saturated carbocycles. The molecule has 6 nitrogen and oxygen atoms in total. The van der Waals surface area contributed by atoms with Gasteiger partial charge in [0.2, 0.25) is 15.9 Å². The average Bonchev–Trinajstić information content (AvgIpc) is 2.76. The molecule has 1 unspecified atom stereocenters. The van der Waals surface area contributed by atoms with Crippen LogP contribution in [0.2, 0.25) is 0 Å². The van der Waals surface area contributed by atoms with Gasteiger partial charge in [-0.25, -0.2) is 13.1 Å². The van der Waals surface area contributed by atoms with E-state index in [1.165, 1.54) is 6.08 Å². The molecule has 0 aliphatic rings. The first kappa shape index (κ1) is 21.7. The lowest BCUT2D eigenvalue weighted by molar-refractivity contribution is -0.121. The number of fused-ring (bicyclic) bond motifs is 1.